The molecule has 0 bridgehead atoms. The number of carbonyl (C=O) groups excluding carboxylic acids is 1. The predicted molar refractivity (Wildman–Crippen MR) is 92.4 cm³/mol. The quantitative estimate of drug-likeness (QED) is 0.862. The number of hydrogen-bond donors (Lipinski definition) is 2. The van der Waals surface area contributed by atoms with E-state index in [2.05, 4.69) is 55.7 Å². The van der Waals surface area contributed by atoms with Crippen LogP contribution in [0.1, 0.15) is 30.5 Å². The summed E-state index contributed by atoms with van der Waals surface area (Å²) < 4.78 is 0. The molecule has 0 radical (unpaired) electrons. The van der Waals surface area contributed by atoms with Crippen molar-refractivity contribution in [3.05, 3.63) is 65.2 Å². The molecule has 2 aromatic carbocycles. The van der Waals surface area contributed by atoms with E-state index in [4.69, 9.17) is 0 Å². The lowest BCUT2D eigenvalue weighted by Crippen LogP contribution is -2.39. The summed E-state index contributed by atoms with van der Waals surface area (Å²) in [4.78, 5) is 12.1. The maximum atomic E-state index is 12.1. The zero-order valence-corrected chi connectivity index (χ0v) is 13.7. The average Bonchev–Trinajstić information content (AvgIpc) is 2.48. The fourth-order valence-electron chi connectivity index (χ4n) is 2.29. The summed E-state index contributed by atoms with van der Waals surface area (Å²) in [5.74, 6) is 0. The number of para-hydroxylation sites is 1. The fourth-order valence-corrected chi connectivity index (χ4v) is 2.29. The molecule has 0 atom stereocenters. The van der Waals surface area contributed by atoms with Crippen molar-refractivity contribution in [2.75, 3.05) is 11.9 Å². The van der Waals surface area contributed by atoms with Gasteiger partial charge in [-0.05, 0) is 31.0 Å². The number of hydrogen-bond acceptors (Lipinski definition) is 1. The Kier molecular flexibility index (Phi) is 4.86. The van der Waals surface area contributed by atoms with E-state index in [9.17, 15) is 4.79 Å². The van der Waals surface area contributed by atoms with Crippen LogP contribution in [0.2, 0.25) is 0 Å². The zero-order chi connectivity index (χ0) is 16.2. The van der Waals surface area contributed by atoms with E-state index >= 15 is 0 Å². The molecule has 0 aliphatic rings. The lowest BCUT2D eigenvalue weighted by molar-refractivity contribution is 0.249. The Labute approximate surface area is 132 Å². The lowest BCUT2D eigenvalue weighted by atomic mass is 9.84. The van der Waals surface area contributed by atoms with Gasteiger partial charge in [0.25, 0.3) is 0 Å². The van der Waals surface area contributed by atoms with Crippen LogP contribution in [0.25, 0.3) is 0 Å². The molecule has 2 rings (SSSR count). The third-order valence-electron chi connectivity index (χ3n) is 3.92. The van der Waals surface area contributed by atoms with Crippen LogP contribution in [0.4, 0.5) is 10.5 Å². The van der Waals surface area contributed by atoms with Crippen LogP contribution < -0.4 is 10.6 Å². The number of anilines is 1. The summed E-state index contributed by atoms with van der Waals surface area (Å²) in [6, 6.07) is 16.0. The summed E-state index contributed by atoms with van der Waals surface area (Å²) >= 11 is 0. The van der Waals surface area contributed by atoms with Crippen molar-refractivity contribution < 1.29 is 4.79 Å². The molecular formula is C19H24N2O. The molecule has 2 aromatic rings. The van der Waals surface area contributed by atoms with Gasteiger partial charge in [0.05, 0.1) is 0 Å². The van der Waals surface area contributed by atoms with Gasteiger partial charge >= 0.3 is 6.03 Å². The second kappa shape index (κ2) is 6.65. The molecule has 0 aliphatic heterocycles. The Hall–Kier alpha value is -2.29. The summed E-state index contributed by atoms with van der Waals surface area (Å²) in [6.45, 7) is 8.89. The first-order valence-electron chi connectivity index (χ1n) is 7.56. The first-order valence-corrected chi connectivity index (χ1v) is 7.56. The molecule has 0 saturated heterocycles. The Morgan fingerprint density at radius 2 is 1.64 bits per heavy atom. The van der Waals surface area contributed by atoms with Gasteiger partial charge < -0.3 is 10.6 Å². The molecule has 0 fully saturated rings. The SMILES string of the molecule is Cc1ccc(C(C)(C)CNC(=O)Nc2ccccc2C)cc1. The van der Waals surface area contributed by atoms with Crippen LogP contribution in [0, 0.1) is 13.8 Å². The maximum Gasteiger partial charge on any atom is 0.319 e. The van der Waals surface area contributed by atoms with E-state index in [1.54, 1.807) is 0 Å². The minimum absolute atomic E-state index is 0.114. The number of carbonyl (C=O) groups is 1. The highest BCUT2D eigenvalue weighted by atomic mass is 16.2. The van der Waals surface area contributed by atoms with Crippen molar-refractivity contribution in [3.8, 4) is 0 Å². The van der Waals surface area contributed by atoms with Crippen LogP contribution in [-0.2, 0) is 5.41 Å². The molecule has 2 N–H and O–H groups in total. The van der Waals surface area contributed by atoms with E-state index in [1.807, 2.05) is 31.2 Å². The van der Waals surface area contributed by atoms with Gasteiger partial charge in [0.2, 0.25) is 0 Å². The smallest absolute Gasteiger partial charge is 0.319 e. The second-order valence-electron chi connectivity index (χ2n) is 6.37. The molecule has 0 spiro atoms. The molecule has 0 aliphatic carbocycles. The van der Waals surface area contributed by atoms with Crippen LogP contribution in [0.5, 0.6) is 0 Å². The minimum Gasteiger partial charge on any atom is -0.337 e. The van der Waals surface area contributed by atoms with Gasteiger partial charge in [-0.3, -0.25) is 0 Å². The van der Waals surface area contributed by atoms with Crippen molar-refractivity contribution in [3.63, 3.8) is 0 Å². The second-order valence-corrected chi connectivity index (χ2v) is 6.37. The fraction of sp³-hybridized carbons (Fsp3) is 0.316. The van der Waals surface area contributed by atoms with Crippen molar-refractivity contribution in [2.24, 2.45) is 0 Å². The number of rotatable bonds is 4. The van der Waals surface area contributed by atoms with Crippen LogP contribution in [0.3, 0.4) is 0 Å². The standard InChI is InChI=1S/C19H24N2O/c1-14-9-11-16(12-10-14)19(3,4)13-20-18(22)21-17-8-6-5-7-15(17)2/h5-12H,13H2,1-4H3,(H2,20,21,22). The van der Waals surface area contributed by atoms with Crippen molar-refractivity contribution >= 4 is 11.7 Å². The predicted octanol–water partition coefficient (Wildman–Crippen LogP) is 4.40. The Morgan fingerprint density at radius 3 is 2.27 bits per heavy atom. The van der Waals surface area contributed by atoms with Crippen molar-refractivity contribution in [1.29, 1.82) is 0 Å². The van der Waals surface area contributed by atoms with E-state index in [0.29, 0.717) is 6.54 Å². The van der Waals surface area contributed by atoms with Gasteiger partial charge in [-0.15, -0.1) is 0 Å². The van der Waals surface area contributed by atoms with Gasteiger partial charge in [0.1, 0.15) is 0 Å². The Bertz CT molecular complexity index is 645. The monoisotopic (exact) mass is 296 g/mol. The van der Waals surface area contributed by atoms with Gasteiger partial charge in [-0.2, -0.15) is 0 Å². The summed E-state index contributed by atoms with van der Waals surface area (Å²) in [6.07, 6.45) is 0. The highest BCUT2D eigenvalue weighted by Crippen LogP contribution is 2.22. The number of nitrogens with one attached hydrogen (secondary N) is 2. The summed E-state index contributed by atoms with van der Waals surface area (Å²) in [5.41, 5.74) is 4.24. The van der Waals surface area contributed by atoms with E-state index in [1.165, 1.54) is 11.1 Å². The van der Waals surface area contributed by atoms with Crippen molar-refractivity contribution in [2.45, 2.75) is 33.1 Å². The van der Waals surface area contributed by atoms with Gasteiger partial charge in [0, 0.05) is 17.6 Å². The van der Waals surface area contributed by atoms with Crippen molar-refractivity contribution in [1.82, 2.24) is 5.32 Å². The number of aryl methyl sites for hydroxylation is 2. The third kappa shape index (κ3) is 4.10. The molecule has 22 heavy (non-hydrogen) atoms. The summed E-state index contributed by atoms with van der Waals surface area (Å²) in [7, 11) is 0. The largest absolute Gasteiger partial charge is 0.337 e. The van der Waals surface area contributed by atoms with Crippen LogP contribution in [0.15, 0.2) is 48.5 Å². The first-order chi connectivity index (χ1) is 10.4. The zero-order valence-electron chi connectivity index (χ0n) is 13.7. The minimum atomic E-state index is -0.172. The Balaban J connectivity index is 1.95. The maximum absolute atomic E-state index is 12.1. The molecule has 2 amide bonds. The molecule has 3 heteroatoms. The van der Waals surface area contributed by atoms with E-state index in [0.717, 1.165) is 11.3 Å². The third-order valence-corrected chi connectivity index (χ3v) is 3.92. The van der Waals surface area contributed by atoms with Gasteiger partial charge in [0.15, 0.2) is 0 Å². The van der Waals surface area contributed by atoms with E-state index < -0.39 is 0 Å². The summed E-state index contributed by atoms with van der Waals surface area (Å²) in [5, 5.41) is 5.86. The highest BCUT2D eigenvalue weighted by molar-refractivity contribution is 5.90. The van der Waals surface area contributed by atoms with Gasteiger partial charge in [-0.1, -0.05) is 61.9 Å². The molecular weight excluding hydrogens is 272 g/mol. The Morgan fingerprint density at radius 1 is 1.00 bits per heavy atom. The van der Waals surface area contributed by atoms with Crippen LogP contribution >= 0.6 is 0 Å². The first kappa shape index (κ1) is 16.1. The number of amides is 2. The van der Waals surface area contributed by atoms with E-state index in [-0.39, 0.29) is 11.4 Å². The number of urea groups is 1. The number of benzene rings is 2. The molecule has 0 aromatic heterocycles. The average molecular weight is 296 g/mol. The molecule has 0 heterocycles. The van der Waals surface area contributed by atoms with Crippen LogP contribution in [-0.4, -0.2) is 12.6 Å². The molecule has 0 saturated carbocycles. The molecule has 3 nitrogen and oxygen atoms in total. The lowest BCUT2D eigenvalue weighted by Gasteiger charge is -2.26. The van der Waals surface area contributed by atoms with Gasteiger partial charge in [-0.25, -0.2) is 4.79 Å². The normalized spacial score (nSPS) is 11.1. The molecule has 0 unspecified atom stereocenters. The molecule has 116 valence electrons. The topological polar surface area (TPSA) is 41.1 Å². The highest BCUT2D eigenvalue weighted by Gasteiger charge is 2.21.